The molecular weight excluding hydrogens is 933 g/mol. The average molecular weight is 997 g/mol. The van der Waals surface area contributed by atoms with Gasteiger partial charge in [-0.1, -0.05) is 165 Å². The van der Waals surface area contributed by atoms with E-state index >= 15 is 0 Å². The second kappa shape index (κ2) is 17.2. The van der Waals surface area contributed by atoms with E-state index in [1.54, 1.807) is 0 Å². The highest BCUT2D eigenvalue weighted by Crippen LogP contribution is 2.64. The molecule has 1 aromatic heterocycles. The van der Waals surface area contributed by atoms with Crippen LogP contribution >= 0.6 is 11.3 Å². The van der Waals surface area contributed by atoms with Crippen LogP contribution in [0.25, 0.3) is 53.6 Å². The lowest BCUT2D eigenvalue weighted by atomic mass is 9.74. The summed E-state index contributed by atoms with van der Waals surface area (Å²) in [7, 11) is 0. The molecule has 0 spiro atoms. The van der Waals surface area contributed by atoms with Crippen molar-refractivity contribution in [2.75, 3.05) is 23.0 Å². The third kappa shape index (κ3) is 8.01. The summed E-state index contributed by atoms with van der Waals surface area (Å²) in [6.45, 7) is 23.8. The maximum Gasteiger partial charge on any atom is 0.185 e. The molecule has 1 unspecified atom stereocenters. The number of aryl methyl sites for hydroxylation is 1. The van der Waals surface area contributed by atoms with Crippen molar-refractivity contribution in [3.8, 4) is 44.9 Å². The molecule has 5 heteroatoms. The molecule has 0 radical (unpaired) electrons. The number of benzene rings is 9. The molecule has 4 heterocycles. The molecule has 0 saturated heterocycles. The van der Waals surface area contributed by atoms with E-state index in [2.05, 4.69) is 255 Å². The molecule has 0 amide bonds. The molecule has 3 aliphatic heterocycles. The lowest BCUT2D eigenvalue weighted by molar-refractivity contribution is 0.172. The quantitative estimate of drug-likeness (QED) is 0.172. The number of hydrogen-bond acceptors (Lipinski definition) is 5. The SMILES string of the molecule is Cc1cc2c3c(c1)N(c1ccc(C(C)(C)C)cc1)c1c(ccc4c1OCCO4)C3c1cc(-c3ccc4c(c3)sc3ccccc34)ccc1N2c1cc(-c2ccc(C(C)(C)C)cc2)cc(-c2ccc(C(C)(C)C)cc2)c1. The van der Waals surface area contributed by atoms with E-state index in [-0.39, 0.29) is 22.2 Å². The maximum absolute atomic E-state index is 6.76. The van der Waals surface area contributed by atoms with Gasteiger partial charge in [-0.2, -0.15) is 0 Å². The van der Waals surface area contributed by atoms with Crippen LogP contribution < -0.4 is 19.3 Å². The summed E-state index contributed by atoms with van der Waals surface area (Å²) in [6, 6.07) is 67.2. The van der Waals surface area contributed by atoms with Crippen molar-refractivity contribution < 1.29 is 9.47 Å². The summed E-state index contributed by atoms with van der Waals surface area (Å²) in [5.74, 6) is 1.46. The molecule has 0 saturated carbocycles. The van der Waals surface area contributed by atoms with Crippen LogP contribution in [0.1, 0.15) is 107 Å². The van der Waals surface area contributed by atoms with E-state index in [9.17, 15) is 0 Å². The van der Waals surface area contributed by atoms with Crippen molar-refractivity contribution in [3.05, 3.63) is 215 Å². The molecule has 0 aliphatic carbocycles. The van der Waals surface area contributed by atoms with Gasteiger partial charge in [-0.05, 0) is 163 Å². The predicted octanol–water partition coefficient (Wildman–Crippen LogP) is 19.8. The van der Waals surface area contributed by atoms with Gasteiger partial charge in [0.1, 0.15) is 13.2 Å². The third-order valence-corrected chi connectivity index (χ3v) is 17.1. The zero-order valence-corrected chi connectivity index (χ0v) is 45.7. The topological polar surface area (TPSA) is 24.9 Å². The van der Waals surface area contributed by atoms with Gasteiger partial charge in [-0.15, -0.1) is 11.3 Å². The molecule has 0 fully saturated rings. The molecule has 372 valence electrons. The van der Waals surface area contributed by atoms with Gasteiger partial charge >= 0.3 is 0 Å². The van der Waals surface area contributed by atoms with E-state index in [1.807, 2.05) is 11.3 Å². The highest BCUT2D eigenvalue weighted by atomic mass is 32.1. The Kier molecular flexibility index (Phi) is 10.8. The minimum atomic E-state index is -0.122. The molecule has 0 bridgehead atoms. The summed E-state index contributed by atoms with van der Waals surface area (Å²) in [6.07, 6.45) is 0. The normalized spacial score (nSPS) is 15.0. The number of thiophene rings is 1. The molecule has 4 nitrogen and oxygen atoms in total. The second-order valence-electron chi connectivity index (χ2n) is 24.2. The molecular formula is C70H64N2O2S. The van der Waals surface area contributed by atoms with Crippen molar-refractivity contribution in [2.24, 2.45) is 0 Å². The Morgan fingerprint density at radius 1 is 0.427 bits per heavy atom. The molecule has 9 aromatic carbocycles. The van der Waals surface area contributed by atoms with Crippen LogP contribution in [0.5, 0.6) is 11.5 Å². The van der Waals surface area contributed by atoms with Gasteiger partial charge in [0, 0.05) is 43.0 Å². The molecule has 13 rings (SSSR count). The average Bonchev–Trinajstić information content (AvgIpc) is 3.78. The standard InChI is InChI=1S/C70H64N2O2S/c1-42-35-59-65-60(36-42)72(52-27-25-51(26-28-52)70(8,9)10)66-56(30-32-61-67(66)74-34-33-73-61)64(65)57-40-45(46-19-29-55-54-13-11-12-14-62(54)75-63(55)41-46)20-31-58(57)71(59)53-38-47(43-15-21-49(22-16-43)68(2,3)4)37-48(39-53)44-17-23-50(24-18-44)69(5,6)7/h11-32,35-41,64H,33-34H2,1-10H3. The molecule has 1 atom stereocenters. The van der Waals surface area contributed by atoms with Crippen LogP contribution in [0.15, 0.2) is 176 Å². The van der Waals surface area contributed by atoms with Gasteiger partial charge < -0.3 is 19.3 Å². The Bertz CT molecular complexity index is 3820. The van der Waals surface area contributed by atoms with E-state index in [1.165, 1.54) is 98.2 Å². The highest BCUT2D eigenvalue weighted by molar-refractivity contribution is 7.25. The van der Waals surface area contributed by atoms with E-state index in [0.29, 0.717) is 13.2 Å². The Morgan fingerprint density at radius 2 is 0.973 bits per heavy atom. The highest BCUT2D eigenvalue weighted by Gasteiger charge is 2.44. The van der Waals surface area contributed by atoms with E-state index < -0.39 is 0 Å². The van der Waals surface area contributed by atoms with Crippen LogP contribution in [-0.2, 0) is 16.2 Å². The van der Waals surface area contributed by atoms with Crippen LogP contribution in [0.2, 0.25) is 0 Å². The fraction of sp³-hybridized carbons (Fsp3) is 0.229. The van der Waals surface area contributed by atoms with Gasteiger partial charge in [0.2, 0.25) is 0 Å². The fourth-order valence-electron chi connectivity index (χ4n) is 11.9. The van der Waals surface area contributed by atoms with Gasteiger partial charge in [0.25, 0.3) is 0 Å². The minimum absolute atomic E-state index is 0.00210. The number of hydrogen-bond donors (Lipinski definition) is 0. The first-order chi connectivity index (χ1) is 36.0. The largest absolute Gasteiger partial charge is 0.486 e. The van der Waals surface area contributed by atoms with E-state index in [4.69, 9.17) is 9.47 Å². The minimum Gasteiger partial charge on any atom is -0.486 e. The van der Waals surface area contributed by atoms with Crippen molar-refractivity contribution >= 4 is 65.6 Å². The Balaban J connectivity index is 1.08. The Hall–Kier alpha value is -7.60. The van der Waals surface area contributed by atoms with Crippen molar-refractivity contribution in [1.82, 2.24) is 0 Å². The smallest absolute Gasteiger partial charge is 0.185 e. The summed E-state index contributed by atoms with van der Waals surface area (Å²) >= 11 is 1.87. The fourth-order valence-corrected chi connectivity index (χ4v) is 13.0. The third-order valence-electron chi connectivity index (χ3n) is 15.9. The number of ether oxygens (including phenoxy) is 2. The van der Waals surface area contributed by atoms with Gasteiger partial charge in [-0.25, -0.2) is 0 Å². The second-order valence-corrected chi connectivity index (χ2v) is 25.2. The Labute approximate surface area is 446 Å². The zero-order valence-electron chi connectivity index (χ0n) is 44.9. The first kappa shape index (κ1) is 47.1. The lowest BCUT2D eigenvalue weighted by Gasteiger charge is -2.46. The summed E-state index contributed by atoms with van der Waals surface area (Å²) in [4.78, 5) is 5.04. The number of fused-ring (bicyclic) bond motifs is 9. The van der Waals surface area contributed by atoms with Crippen molar-refractivity contribution in [3.63, 3.8) is 0 Å². The maximum atomic E-state index is 6.76. The van der Waals surface area contributed by atoms with Gasteiger partial charge in [0.05, 0.1) is 22.7 Å². The monoisotopic (exact) mass is 996 g/mol. The van der Waals surface area contributed by atoms with Crippen molar-refractivity contribution in [1.29, 1.82) is 0 Å². The zero-order chi connectivity index (χ0) is 51.7. The Morgan fingerprint density at radius 3 is 1.61 bits per heavy atom. The molecule has 3 aliphatic rings. The molecule has 75 heavy (non-hydrogen) atoms. The van der Waals surface area contributed by atoms with E-state index in [0.717, 1.165) is 39.9 Å². The first-order valence-electron chi connectivity index (χ1n) is 26.7. The van der Waals surface area contributed by atoms with Crippen LogP contribution in [-0.4, -0.2) is 13.2 Å². The first-order valence-corrected chi connectivity index (χ1v) is 27.5. The van der Waals surface area contributed by atoms with Crippen LogP contribution in [0.3, 0.4) is 0 Å². The molecule has 10 aromatic rings. The summed E-state index contributed by atoms with van der Waals surface area (Å²) in [5, 5.41) is 2.62. The van der Waals surface area contributed by atoms with Gasteiger partial charge in [-0.3, -0.25) is 0 Å². The number of anilines is 6. The predicted molar refractivity (Wildman–Crippen MR) is 318 cm³/mol. The summed E-state index contributed by atoms with van der Waals surface area (Å²) < 4.78 is 15.8. The summed E-state index contributed by atoms with van der Waals surface area (Å²) in [5.41, 5.74) is 22.8. The number of nitrogens with zero attached hydrogens (tertiary/aromatic N) is 2. The van der Waals surface area contributed by atoms with Gasteiger partial charge in [0.15, 0.2) is 11.5 Å². The number of rotatable bonds is 5. The molecule has 0 N–H and O–H groups in total. The van der Waals surface area contributed by atoms with Crippen LogP contribution in [0, 0.1) is 6.92 Å². The van der Waals surface area contributed by atoms with Crippen molar-refractivity contribution in [2.45, 2.75) is 91.4 Å². The van der Waals surface area contributed by atoms with Crippen LogP contribution in [0.4, 0.5) is 34.1 Å². The lowest BCUT2D eigenvalue weighted by Crippen LogP contribution is -2.30.